The standard InChI is InChI=1S/C10H12ClNO2.C8H7ClO2.C2H7NO.ClH/c1-7-5-4-6-8(9(7)11)10(13)12(2)14-3;1-5-3-2-4-6(7(5)9)8(10)11;1-3-4-2;/h4-6H,1-3H3;2-4H,1H3,(H,10,11);3H,1-2H3;1H. The Morgan fingerprint density at radius 3 is 1.70 bits per heavy atom. The zero-order chi connectivity index (χ0) is 22.6. The van der Waals surface area contributed by atoms with E-state index in [1.807, 2.05) is 13.0 Å². The average molecular weight is 482 g/mol. The van der Waals surface area contributed by atoms with Gasteiger partial charge >= 0.3 is 5.97 Å². The number of rotatable bonds is 4. The Morgan fingerprint density at radius 1 is 0.967 bits per heavy atom. The number of nitrogens with one attached hydrogen (secondary N) is 1. The van der Waals surface area contributed by atoms with E-state index in [-0.39, 0.29) is 23.9 Å². The monoisotopic (exact) mass is 480 g/mol. The third-order valence-corrected chi connectivity index (χ3v) is 4.61. The quantitative estimate of drug-likeness (QED) is 0.609. The molecule has 2 aromatic rings. The third kappa shape index (κ3) is 9.75. The van der Waals surface area contributed by atoms with Gasteiger partial charge in [-0.2, -0.15) is 0 Å². The molecule has 0 saturated heterocycles. The van der Waals surface area contributed by atoms with Gasteiger partial charge in [0, 0.05) is 14.1 Å². The molecule has 0 aromatic heterocycles. The zero-order valence-electron chi connectivity index (χ0n) is 17.7. The van der Waals surface area contributed by atoms with Crippen LogP contribution in [-0.2, 0) is 9.68 Å². The van der Waals surface area contributed by atoms with Gasteiger partial charge < -0.3 is 9.94 Å². The van der Waals surface area contributed by atoms with Gasteiger partial charge in [-0.3, -0.25) is 9.63 Å². The summed E-state index contributed by atoms with van der Waals surface area (Å²) < 4.78 is 0. The summed E-state index contributed by atoms with van der Waals surface area (Å²) in [5.41, 5.74) is 4.70. The van der Waals surface area contributed by atoms with Gasteiger partial charge in [0.1, 0.15) is 0 Å². The molecule has 0 bridgehead atoms. The van der Waals surface area contributed by atoms with E-state index in [2.05, 4.69) is 10.3 Å². The topological polar surface area (TPSA) is 88.1 Å². The number of carbonyl (C=O) groups is 2. The van der Waals surface area contributed by atoms with Crippen LogP contribution in [0.1, 0.15) is 31.8 Å². The summed E-state index contributed by atoms with van der Waals surface area (Å²) in [7, 11) is 6.25. The first-order chi connectivity index (χ1) is 13.6. The molecular weight excluding hydrogens is 455 g/mol. The van der Waals surface area contributed by atoms with Crippen LogP contribution < -0.4 is 5.48 Å². The Hall–Kier alpha value is -1.87. The molecule has 0 unspecified atom stereocenters. The fraction of sp³-hybridized carbons (Fsp3) is 0.300. The van der Waals surface area contributed by atoms with Crippen LogP contribution in [0.4, 0.5) is 0 Å². The van der Waals surface area contributed by atoms with Crippen LogP contribution in [0.5, 0.6) is 0 Å². The van der Waals surface area contributed by atoms with Gasteiger partial charge in [0.15, 0.2) is 0 Å². The molecule has 0 spiro atoms. The maximum atomic E-state index is 11.7. The van der Waals surface area contributed by atoms with Crippen molar-refractivity contribution < 1.29 is 24.4 Å². The fourth-order valence-electron chi connectivity index (χ4n) is 1.88. The van der Waals surface area contributed by atoms with Crippen LogP contribution in [-0.4, -0.2) is 50.4 Å². The first-order valence-electron chi connectivity index (χ1n) is 8.37. The van der Waals surface area contributed by atoms with Gasteiger partial charge in [-0.05, 0) is 37.1 Å². The zero-order valence-corrected chi connectivity index (χ0v) is 20.0. The molecule has 0 atom stereocenters. The summed E-state index contributed by atoms with van der Waals surface area (Å²) in [5, 5.41) is 10.5. The Labute approximate surface area is 193 Å². The number of aryl methyl sites for hydroxylation is 2. The Morgan fingerprint density at radius 2 is 1.37 bits per heavy atom. The number of aromatic carboxylic acids is 1. The molecule has 0 aliphatic heterocycles. The van der Waals surface area contributed by atoms with Gasteiger partial charge in [0.25, 0.3) is 5.91 Å². The Balaban J connectivity index is 0. The lowest BCUT2D eigenvalue weighted by Crippen LogP contribution is -2.25. The molecule has 2 aromatic carbocycles. The highest BCUT2D eigenvalue weighted by molar-refractivity contribution is 6.34. The summed E-state index contributed by atoms with van der Waals surface area (Å²) in [5.74, 6) is -1.24. The number of amides is 1. The second kappa shape index (κ2) is 15.9. The first kappa shape index (κ1) is 30.3. The summed E-state index contributed by atoms with van der Waals surface area (Å²) >= 11 is 11.7. The number of carbonyl (C=O) groups excluding carboxylic acids is 1. The summed E-state index contributed by atoms with van der Waals surface area (Å²) in [6, 6.07) is 10.2. The van der Waals surface area contributed by atoms with E-state index in [0.717, 1.165) is 16.2 Å². The SMILES string of the molecule is CNOC.CON(C)C(=O)c1cccc(C)c1Cl.Cc1cccc(C(=O)O)c1Cl.Cl. The van der Waals surface area contributed by atoms with Crippen molar-refractivity contribution in [3.63, 3.8) is 0 Å². The highest BCUT2D eigenvalue weighted by atomic mass is 35.5. The van der Waals surface area contributed by atoms with E-state index < -0.39 is 5.97 Å². The highest BCUT2D eigenvalue weighted by Crippen LogP contribution is 2.21. The molecule has 0 radical (unpaired) electrons. The molecule has 2 rings (SSSR count). The van der Waals surface area contributed by atoms with E-state index in [1.54, 1.807) is 52.4 Å². The number of nitrogens with zero attached hydrogens (tertiary/aromatic N) is 1. The van der Waals surface area contributed by atoms with Crippen molar-refractivity contribution in [2.24, 2.45) is 0 Å². The van der Waals surface area contributed by atoms with E-state index in [9.17, 15) is 9.59 Å². The van der Waals surface area contributed by atoms with Gasteiger partial charge in [-0.15, -0.1) is 12.4 Å². The molecule has 7 nitrogen and oxygen atoms in total. The van der Waals surface area contributed by atoms with E-state index in [0.29, 0.717) is 15.6 Å². The Bertz CT molecular complexity index is 817. The molecular formula is C20H27Cl3N2O5. The van der Waals surface area contributed by atoms with Crippen molar-refractivity contribution in [2.45, 2.75) is 13.8 Å². The van der Waals surface area contributed by atoms with Crippen LogP contribution in [0.25, 0.3) is 0 Å². The predicted octanol–water partition coefficient (Wildman–Crippen LogP) is 4.82. The second-order valence-electron chi connectivity index (χ2n) is 5.57. The number of halogens is 3. The van der Waals surface area contributed by atoms with E-state index in [4.69, 9.17) is 33.1 Å². The van der Waals surface area contributed by atoms with Crippen molar-refractivity contribution in [3.05, 3.63) is 68.7 Å². The van der Waals surface area contributed by atoms with Crippen molar-refractivity contribution in [2.75, 3.05) is 28.3 Å². The van der Waals surface area contributed by atoms with Crippen molar-refractivity contribution in [1.29, 1.82) is 0 Å². The molecule has 0 heterocycles. The van der Waals surface area contributed by atoms with Crippen molar-refractivity contribution in [3.8, 4) is 0 Å². The molecule has 0 aliphatic carbocycles. The maximum absolute atomic E-state index is 11.7. The molecule has 0 fully saturated rings. The number of hydrogen-bond donors (Lipinski definition) is 2. The van der Waals surface area contributed by atoms with Gasteiger partial charge in [0.2, 0.25) is 0 Å². The van der Waals surface area contributed by atoms with E-state index in [1.165, 1.54) is 13.2 Å². The molecule has 30 heavy (non-hydrogen) atoms. The van der Waals surface area contributed by atoms with Crippen LogP contribution in [0, 0.1) is 13.8 Å². The largest absolute Gasteiger partial charge is 0.478 e. The highest BCUT2D eigenvalue weighted by Gasteiger charge is 2.15. The van der Waals surface area contributed by atoms with Crippen molar-refractivity contribution in [1.82, 2.24) is 10.5 Å². The smallest absolute Gasteiger partial charge is 0.337 e. The average Bonchev–Trinajstić information content (AvgIpc) is 2.71. The number of benzene rings is 2. The third-order valence-electron chi connectivity index (χ3n) is 3.61. The lowest BCUT2D eigenvalue weighted by atomic mass is 10.1. The predicted molar refractivity (Wildman–Crippen MR) is 122 cm³/mol. The molecule has 168 valence electrons. The molecule has 0 saturated carbocycles. The van der Waals surface area contributed by atoms with Gasteiger partial charge in [-0.1, -0.05) is 47.5 Å². The number of carboxylic acids is 1. The summed E-state index contributed by atoms with van der Waals surface area (Å²) in [4.78, 5) is 31.2. The van der Waals surface area contributed by atoms with Crippen LogP contribution in [0.3, 0.4) is 0 Å². The Kier molecular flexibility index (Phi) is 16.1. The van der Waals surface area contributed by atoms with Crippen LogP contribution in [0.15, 0.2) is 36.4 Å². The number of carboxylic acid groups (broad SMARTS) is 1. The summed E-state index contributed by atoms with van der Waals surface area (Å²) in [6.07, 6.45) is 0. The van der Waals surface area contributed by atoms with Gasteiger partial charge in [-0.25, -0.2) is 15.3 Å². The maximum Gasteiger partial charge on any atom is 0.337 e. The normalized spacial score (nSPS) is 9.20. The minimum absolute atomic E-state index is 0. The number of hydrogen-bond acceptors (Lipinski definition) is 5. The van der Waals surface area contributed by atoms with Crippen molar-refractivity contribution >= 4 is 47.5 Å². The van der Waals surface area contributed by atoms with E-state index >= 15 is 0 Å². The molecule has 2 N–H and O–H groups in total. The minimum atomic E-state index is -0.987. The second-order valence-corrected chi connectivity index (χ2v) is 6.33. The summed E-state index contributed by atoms with van der Waals surface area (Å²) in [6.45, 7) is 3.63. The lowest BCUT2D eigenvalue weighted by molar-refractivity contribution is -0.0756. The molecule has 10 heteroatoms. The van der Waals surface area contributed by atoms with Crippen LogP contribution >= 0.6 is 35.6 Å². The lowest BCUT2D eigenvalue weighted by Gasteiger charge is -2.14. The van der Waals surface area contributed by atoms with Gasteiger partial charge in [0.05, 0.1) is 35.4 Å². The fourth-order valence-corrected chi connectivity index (χ4v) is 2.29. The first-order valence-corrected chi connectivity index (χ1v) is 9.13. The minimum Gasteiger partial charge on any atom is -0.478 e. The number of hydroxylamine groups is 3. The molecule has 1 amide bonds. The molecule has 0 aliphatic rings. The van der Waals surface area contributed by atoms with Crippen LogP contribution in [0.2, 0.25) is 10.0 Å².